The molecule has 0 atom stereocenters. The van der Waals surface area contributed by atoms with Crippen LogP contribution >= 0.6 is 27.5 Å². The predicted molar refractivity (Wildman–Crippen MR) is 78.6 cm³/mol. The molecule has 0 saturated heterocycles. The summed E-state index contributed by atoms with van der Waals surface area (Å²) in [6.07, 6.45) is 0.794. The molecule has 2 aromatic rings. The van der Waals surface area contributed by atoms with Crippen molar-refractivity contribution in [3.8, 4) is 0 Å². The molecule has 0 unspecified atom stereocenters. The van der Waals surface area contributed by atoms with Gasteiger partial charge in [0, 0.05) is 23.2 Å². The first-order valence-corrected chi connectivity index (χ1v) is 6.82. The van der Waals surface area contributed by atoms with Crippen molar-refractivity contribution in [2.45, 2.75) is 20.3 Å². The van der Waals surface area contributed by atoms with E-state index in [-0.39, 0.29) is 0 Å². The summed E-state index contributed by atoms with van der Waals surface area (Å²) in [6.45, 7) is 4.00. The zero-order chi connectivity index (χ0) is 13.1. The highest BCUT2D eigenvalue weighted by Gasteiger charge is 2.03. The van der Waals surface area contributed by atoms with Gasteiger partial charge < -0.3 is 5.32 Å². The molecule has 94 valence electrons. The highest BCUT2D eigenvalue weighted by molar-refractivity contribution is 9.10. The van der Waals surface area contributed by atoms with Crippen molar-refractivity contribution in [3.05, 3.63) is 45.3 Å². The van der Waals surface area contributed by atoms with Gasteiger partial charge in [0.2, 0.25) is 0 Å². The number of aromatic nitrogens is 2. The van der Waals surface area contributed by atoms with E-state index in [1.165, 1.54) is 0 Å². The summed E-state index contributed by atoms with van der Waals surface area (Å²) in [5.41, 5.74) is 1.97. The van der Waals surface area contributed by atoms with Crippen LogP contribution in [0.1, 0.15) is 18.3 Å². The molecular formula is C13H13BrClN3. The van der Waals surface area contributed by atoms with Gasteiger partial charge in [0.15, 0.2) is 0 Å². The van der Waals surface area contributed by atoms with Crippen molar-refractivity contribution in [1.29, 1.82) is 0 Å². The fourth-order valence-corrected chi connectivity index (χ4v) is 2.11. The molecule has 3 nitrogen and oxygen atoms in total. The summed E-state index contributed by atoms with van der Waals surface area (Å²) >= 11 is 9.46. The number of halogens is 2. The second kappa shape index (κ2) is 5.67. The lowest BCUT2D eigenvalue weighted by Crippen LogP contribution is -1.99. The Morgan fingerprint density at radius 3 is 2.72 bits per heavy atom. The molecule has 0 fully saturated rings. The molecule has 0 saturated carbocycles. The average Bonchev–Trinajstić information content (AvgIpc) is 2.33. The molecule has 0 aliphatic carbocycles. The first kappa shape index (κ1) is 13.3. The Hall–Kier alpha value is -1.13. The first-order chi connectivity index (χ1) is 8.58. The van der Waals surface area contributed by atoms with Gasteiger partial charge in [-0.3, -0.25) is 0 Å². The molecule has 1 aromatic carbocycles. The average molecular weight is 327 g/mol. The van der Waals surface area contributed by atoms with Crippen LogP contribution in [0.2, 0.25) is 5.02 Å². The number of hydrogen-bond acceptors (Lipinski definition) is 3. The molecular weight excluding hydrogens is 314 g/mol. The van der Waals surface area contributed by atoms with Gasteiger partial charge in [-0.15, -0.1) is 0 Å². The largest absolute Gasteiger partial charge is 0.340 e. The van der Waals surface area contributed by atoms with Crippen LogP contribution in [0, 0.1) is 6.92 Å². The number of rotatable bonds is 3. The predicted octanol–water partition coefficient (Wildman–Crippen LogP) is 4.51. The standard InChI is InChI=1S/C13H13BrClN3/c1-3-12-17-11(14)7-13(18-12)16-9-5-4-8(2)10(15)6-9/h4-7H,3H2,1-2H3,(H,16,17,18). The van der Waals surface area contributed by atoms with Gasteiger partial charge in [-0.2, -0.15) is 0 Å². The summed E-state index contributed by atoms with van der Waals surface area (Å²) in [6, 6.07) is 7.68. The van der Waals surface area contributed by atoms with Crippen LogP contribution in [0.25, 0.3) is 0 Å². The lowest BCUT2D eigenvalue weighted by Gasteiger charge is -2.08. The smallest absolute Gasteiger partial charge is 0.135 e. The SMILES string of the molecule is CCc1nc(Br)cc(Nc2ccc(C)c(Cl)c2)n1. The molecule has 0 aliphatic rings. The topological polar surface area (TPSA) is 37.8 Å². The minimum Gasteiger partial charge on any atom is -0.340 e. The van der Waals surface area contributed by atoms with Crippen LogP contribution in [0.15, 0.2) is 28.9 Å². The summed E-state index contributed by atoms with van der Waals surface area (Å²) < 4.78 is 0.773. The minimum absolute atomic E-state index is 0.740. The van der Waals surface area contributed by atoms with Gasteiger partial charge in [-0.25, -0.2) is 9.97 Å². The summed E-state index contributed by atoms with van der Waals surface area (Å²) in [5, 5.41) is 3.96. The lowest BCUT2D eigenvalue weighted by molar-refractivity contribution is 0.931. The Labute approximate surface area is 120 Å². The van der Waals surface area contributed by atoms with E-state index < -0.39 is 0 Å². The van der Waals surface area contributed by atoms with Crippen LogP contribution in [0.5, 0.6) is 0 Å². The summed E-state index contributed by atoms with van der Waals surface area (Å²) in [4.78, 5) is 8.67. The molecule has 0 spiro atoms. The molecule has 0 amide bonds. The number of nitrogens with zero attached hydrogens (tertiary/aromatic N) is 2. The molecule has 1 N–H and O–H groups in total. The molecule has 2 rings (SSSR count). The first-order valence-electron chi connectivity index (χ1n) is 5.65. The normalized spacial score (nSPS) is 10.4. The Morgan fingerprint density at radius 1 is 1.28 bits per heavy atom. The third-order valence-electron chi connectivity index (χ3n) is 2.50. The van der Waals surface area contributed by atoms with Gasteiger partial charge in [0.25, 0.3) is 0 Å². The summed E-state index contributed by atoms with van der Waals surface area (Å²) in [7, 11) is 0. The molecule has 0 bridgehead atoms. The maximum absolute atomic E-state index is 6.09. The van der Waals surface area contributed by atoms with Gasteiger partial charge in [-0.05, 0) is 40.5 Å². The number of hydrogen-bond donors (Lipinski definition) is 1. The molecule has 1 aromatic heterocycles. The van der Waals surface area contributed by atoms with Crippen molar-refractivity contribution in [3.63, 3.8) is 0 Å². The molecule has 18 heavy (non-hydrogen) atoms. The van der Waals surface area contributed by atoms with E-state index in [4.69, 9.17) is 11.6 Å². The monoisotopic (exact) mass is 325 g/mol. The fraction of sp³-hybridized carbons (Fsp3) is 0.231. The number of nitrogens with one attached hydrogen (secondary N) is 1. The van der Waals surface area contributed by atoms with Crippen LogP contribution in [0.4, 0.5) is 11.5 Å². The molecule has 1 heterocycles. The third-order valence-corrected chi connectivity index (χ3v) is 3.32. The van der Waals surface area contributed by atoms with Crippen LogP contribution < -0.4 is 5.32 Å². The number of benzene rings is 1. The third kappa shape index (κ3) is 3.21. The van der Waals surface area contributed by atoms with Gasteiger partial charge in [0.1, 0.15) is 16.2 Å². The van der Waals surface area contributed by atoms with E-state index >= 15 is 0 Å². The van der Waals surface area contributed by atoms with Crippen LogP contribution in [-0.4, -0.2) is 9.97 Å². The van der Waals surface area contributed by atoms with Crippen molar-refractivity contribution in [2.75, 3.05) is 5.32 Å². The zero-order valence-electron chi connectivity index (χ0n) is 10.2. The second-order valence-electron chi connectivity index (χ2n) is 3.93. The van der Waals surface area contributed by atoms with E-state index in [0.717, 1.165) is 38.9 Å². The van der Waals surface area contributed by atoms with E-state index in [9.17, 15) is 0 Å². The van der Waals surface area contributed by atoms with E-state index in [2.05, 4.69) is 31.2 Å². The maximum atomic E-state index is 6.09. The van der Waals surface area contributed by atoms with Crippen LogP contribution in [-0.2, 0) is 6.42 Å². The van der Waals surface area contributed by atoms with E-state index in [0.29, 0.717) is 0 Å². The van der Waals surface area contributed by atoms with Crippen LogP contribution in [0.3, 0.4) is 0 Å². The Balaban J connectivity index is 2.27. The molecule has 0 radical (unpaired) electrons. The highest BCUT2D eigenvalue weighted by Crippen LogP contribution is 2.23. The Bertz CT molecular complexity index is 572. The minimum atomic E-state index is 0.740. The number of anilines is 2. The van der Waals surface area contributed by atoms with Gasteiger partial charge in [0.05, 0.1) is 0 Å². The van der Waals surface area contributed by atoms with Crippen molar-refractivity contribution in [1.82, 2.24) is 9.97 Å². The fourth-order valence-electron chi connectivity index (χ4n) is 1.51. The number of aryl methyl sites for hydroxylation is 2. The Kier molecular flexibility index (Phi) is 4.19. The second-order valence-corrected chi connectivity index (χ2v) is 5.15. The molecule has 0 aliphatic heterocycles. The maximum Gasteiger partial charge on any atom is 0.135 e. The van der Waals surface area contributed by atoms with Gasteiger partial charge >= 0.3 is 0 Å². The van der Waals surface area contributed by atoms with Crippen molar-refractivity contribution in [2.24, 2.45) is 0 Å². The quantitative estimate of drug-likeness (QED) is 0.843. The van der Waals surface area contributed by atoms with Gasteiger partial charge in [-0.1, -0.05) is 24.6 Å². The van der Waals surface area contributed by atoms with Crippen molar-refractivity contribution >= 4 is 39.0 Å². The Morgan fingerprint density at radius 2 is 2.06 bits per heavy atom. The molecule has 5 heteroatoms. The van der Waals surface area contributed by atoms with Crippen molar-refractivity contribution < 1.29 is 0 Å². The van der Waals surface area contributed by atoms with E-state index in [1.807, 2.05) is 38.1 Å². The zero-order valence-corrected chi connectivity index (χ0v) is 12.5. The van der Waals surface area contributed by atoms with E-state index in [1.54, 1.807) is 0 Å². The summed E-state index contributed by atoms with van der Waals surface area (Å²) in [5.74, 6) is 1.55. The lowest BCUT2D eigenvalue weighted by atomic mass is 10.2. The highest BCUT2D eigenvalue weighted by atomic mass is 79.9.